The van der Waals surface area contributed by atoms with Gasteiger partial charge in [-0.2, -0.15) is 0 Å². The Bertz CT molecular complexity index is 490. The van der Waals surface area contributed by atoms with Crippen LogP contribution in [-0.4, -0.2) is 39.8 Å². The zero-order chi connectivity index (χ0) is 15.2. The van der Waals surface area contributed by atoms with Crippen molar-refractivity contribution in [2.75, 3.05) is 44.1 Å². The lowest BCUT2D eigenvalue weighted by Crippen LogP contribution is -2.27. The molecule has 1 aliphatic heterocycles. The minimum atomic E-state index is -0.215. The summed E-state index contributed by atoms with van der Waals surface area (Å²) in [5.74, 6) is 0.0395. The molecule has 0 bridgehead atoms. The summed E-state index contributed by atoms with van der Waals surface area (Å²) in [6, 6.07) is 5.95. The van der Waals surface area contributed by atoms with E-state index in [2.05, 4.69) is 35.6 Å². The second-order valence-corrected chi connectivity index (χ2v) is 5.42. The summed E-state index contributed by atoms with van der Waals surface area (Å²) in [7, 11) is 3.77. The van der Waals surface area contributed by atoms with Gasteiger partial charge < -0.3 is 20.3 Å². The van der Waals surface area contributed by atoms with Gasteiger partial charge in [0.05, 0.1) is 0 Å². The molecule has 0 saturated heterocycles. The van der Waals surface area contributed by atoms with Crippen LogP contribution in [0.25, 0.3) is 0 Å². The summed E-state index contributed by atoms with van der Waals surface area (Å²) in [6.45, 7) is 4.63. The van der Waals surface area contributed by atoms with Crippen LogP contribution in [-0.2, 0) is 9.53 Å². The number of benzene rings is 1. The monoisotopic (exact) mass is 291 g/mol. The average Bonchev–Trinajstić information content (AvgIpc) is 2.79. The number of amides is 1. The van der Waals surface area contributed by atoms with Gasteiger partial charge in [0.2, 0.25) is 5.91 Å². The molecular formula is C16H25N3O2. The molecule has 1 heterocycles. The first-order chi connectivity index (χ1) is 10.2. The van der Waals surface area contributed by atoms with Crippen LogP contribution in [0.4, 0.5) is 11.4 Å². The molecule has 1 amide bonds. The first-order valence-corrected chi connectivity index (χ1v) is 7.55. The Hall–Kier alpha value is -1.59. The van der Waals surface area contributed by atoms with Crippen molar-refractivity contribution in [3.8, 4) is 0 Å². The molecule has 0 aliphatic carbocycles. The van der Waals surface area contributed by atoms with Crippen molar-refractivity contribution in [1.82, 2.24) is 5.32 Å². The van der Waals surface area contributed by atoms with Gasteiger partial charge in [0.25, 0.3) is 0 Å². The first-order valence-electron chi connectivity index (χ1n) is 7.55. The number of methoxy groups -OCH3 is 1. The number of carbonyl (C=O) groups is 1. The number of nitrogens with one attached hydrogen (secondary N) is 2. The fourth-order valence-corrected chi connectivity index (χ4v) is 2.55. The van der Waals surface area contributed by atoms with Crippen LogP contribution in [0, 0.1) is 0 Å². The molecule has 116 valence electrons. The lowest BCUT2D eigenvalue weighted by atomic mass is 10.1. The number of nitrogens with zero attached hydrogens (tertiary/aromatic N) is 1. The van der Waals surface area contributed by atoms with Gasteiger partial charge in [-0.15, -0.1) is 0 Å². The van der Waals surface area contributed by atoms with Crippen molar-refractivity contribution >= 4 is 17.3 Å². The molecule has 0 aromatic heterocycles. The summed E-state index contributed by atoms with van der Waals surface area (Å²) < 4.78 is 5.08. The minimum absolute atomic E-state index is 0.0395. The van der Waals surface area contributed by atoms with E-state index in [1.165, 1.54) is 0 Å². The number of rotatable bonds is 8. The van der Waals surface area contributed by atoms with Gasteiger partial charge in [0.1, 0.15) is 6.04 Å². The van der Waals surface area contributed by atoms with Crippen molar-refractivity contribution in [2.24, 2.45) is 0 Å². The summed E-state index contributed by atoms with van der Waals surface area (Å²) >= 11 is 0. The fraction of sp³-hybridized carbons (Fsp3) is 0.562. The van der Waals surface area contributed by atoms with E-state index < -0.39 is 0 Å². The lowest BCUT2D eigenvalue weighted by molar-refractivity contribution is -0.117. The Morgan fingerprint density at radius 3 is 2.95 bits per heavy atom. The van der Waals surface area contributed by atoms with Crippen LogP contribution in [0.5, 0.6) is 0 Å². The number of hydrogen-bond acceptors (Lipinski definition) is 4. The van der Waals surface area contributed by atoms with Crippen molar-refractivity contribution in [3.05, 3.63) is 23.8 Å². The Balaban J connectivity index is 2.06. The van der Waals surface area contributed by atoms with Gasteiger partial charge in [-0.25, -0.2) is 0 Å². The van der Waals surface area contributed by atoms with Crippen LogP contribution in [0.15, 0.2) is 18.2 Å². The third kappa shape index (κ3) is 3.74. The van der Waals surface area contributed by atoms with E-state index >= 15 is 0 Å². The molecule has 1 aromatic carbocycles. The highest BCUT2D eigenvalue weighted by atomic mass is 16.5. The molecule has 5 nitrogen and oxygen atoms in total. The largest absolute Gasteiger partial charge is 0.385 e. The van der Waals surface area contributed by atoms with Gasteiger partial charge in [0.15, 0.2) is 0 Å². The lowest BCUT2D eigenvalue weighted by Gasteiger charge is -2.20. The van der Waals surface area contributed by atoms with Crippen molar-refractivity contribution in [1.29, 1.82) is 0 Å². The second kappa shape index (κ2) is 7.43. The molecule has 2 rings (SSSR count). The maximum atomic E-state index is 12.0. The molecule has 1 atom stereocenters. The van der Waals surface area contributed by atoms with E-state index in [0.29, 0.717) is 0 Å². The quantitative estimate of drug-likeness (QED) is 0.721. The SMILES string of the molecule is CCCNC1C(=O)Nc2cc(N(C)CCCOC)ccc21. The van der Waals surface area contributed by atoms with Gasteiger partial charge in [-0.05, 0) is 31.5 Å². The van der Waals surface area contributed by atoms with Gasteiger partial charge >= 0.3 is 0 Å². The molecule has 0 radical (unpaired) electrons. The maximum Gasteiger partial charge on any atom is 0.246 e. The number of ether oxygens (including phenoxy) is 1. The average molecular weight is 291 g/mol. The number of anilines is 2. The Kier molecular flexibility index (Phi) is 5.59. The van der Waals surface area contributed by atoms with E-state index in [1.807, 2.05) is 12.1 Å². The Labute approximate surface area is 126 Å². The highest BCUT2D eigenvalue weighted by Crippen LogP contribution is 2.33. The molecule has 0 saturated carbocycles. The topological polar surface area (TPSA) is 53.6 Å². The summed E-state index contributed by atoms with van der Waals surface area (Å²) in [5, 5.41) is 6.25. The molecule has 5 heteroatoms. The van der Waals surface area contributed by atoms with Gasteiger partial charge in [0, 0.05) is 44.2 Å². The molecule has 1 unspecified atom stereocenters. The summed E-state index contributed by atoms with van der Waals surface area (Å²) in [4.78, 5) is 14.2. The normalized spacial score (nSPS) is 16.7. The predicted octanol–water partition coefficient (Wildman–Crippen LogP) is 2.15. The summed E-state index contributed by atoms with van der Waals surface area (Å²) in [6.07, 6.45) is 2.00. The third-order valence-corrected chi connectivity index (χ3v) is 3.75. The minimum Gasteiger partial charge on any atom is -0.385 e. The highest BCUT2D eigenvalue weighted by Gasteiger charge is 2.30. The van der Waals surface area contributed by atoms with Crippen LogP contribution < -0.4 is 15.5 Å². The van der Waals surface area contributed by atoms with Crippen LogP contribution in [0.1, 0.15) is 31.4 Å². The maximum absolute atomic E-state index is 12.0. The Morgan fingerprint density at radius 2 is 2.24 bits per heavy atom. The Morgan fingerprint density at radius 1 is 1.43 bits per heavy atom. The van der Waals surface area contributed by atoms with Crippen LogP contribution in [0.2, 0.25) is 0 Å². The molecule has 1 aliphatic rings. The second-order valence-electron chi connectivity index (χ2n) is 5.42. The van der Waals surface area contributed by atoms with Gasteiger partial charge in [-0.1, -0.05) is 13.0 Å². The molecule has 0 spiro atoms. The molecular weight excluding hydrogens is 266 g/mol. The molecule has 2 N–H and O–H groups in total. The smallest absolute Gasteiger partial charge is 0.246 e. The summed E-state index contributed by atoms with van der Waals surface area (Å²) in [5.41, 5.74) is 3.08. The van der Waals surface area contributed by atoms with Crippen molar-refractivity contribution in [3.63, 3.8) is 0 Å². The van der Waals surface area contributed by atoms with E-state index in [0.717, 1.165) is 49.5 Å². The van der Waals surface area contributed by atoms with E-state index in [-0.39, 0.29) is 11.9 Å². The van der Waals surface area contributed by atoms with E-state index in [1.54, 1.807) is 7.11 Å². The standard InChI is InChI=1S/C16H25N3O2/c1-4-8-17-15-13-7-6-12(11-14(13)18-16(15)20)19(2)9-5-10-21-3/h6-7,11,15,17H,4-5,8-10H2,1-3H3,(H,18,20). The third-order valence-electron chi connectivity index (χ3n) is 3.75. The molecule has 1 aromatic rings. The first kappa shape index (κ1) is 15.8. The van der Waals surface area contributed by atoms with Crippen LogP contribution >= 0.6 is 0 Å². The fourth-order valence-electron chi connectivity index (χ4n) is 2.55. The van der Waals surface area contributed by atoms with E-state index in [4.69, 9.17) is 4.74 Å². The van der Waals surface area contributed by atoms with Gasteiger partial charge in [-0.3, -0.25) is 4.79 Å². The molecule has 0 fully saturated rings. The van der Waals surface area contributed by atoms with Crippen molar-refractivity contribution in [2.45, 2.75) is 25.8 Å². The predicted molar refractivity (Wildman–Crippen MR) is 85.9 cm³/mol. The zero-order valence-corrected chi connectivity index (χ0v) is 13.1. The number of fused-ring (bicyclic) bond motifs is 1. The zero-order valence-electron chi connectivity index (χ0n) is 13.1. The molecule has 21 heavy (non-hydrogen) atoms. The number of carbonyl (C=O) groups excluding carboxylic acids is 1. The van der Waals surface area contributed by atoms with E-state index in [9.17, 15) is 4.79 Å². The number of hydrogen-bond donors (Lipinski definition) is 2. The highest BCUT2D eigenvalue weighted by molar-refractivity contribution is 6.03. The van der Waals surface area contributed by atoms with Crippen LogP contribution in [0.3, 0.4) is 0 Å². The van der Waals surface area contributed by atoms with Crippen molar-refractivity contribution < 1.29 is 9.53 Å².